The number of benzene rings is 2. The van der Waals surface area contributed by atoms with Crippen molar-refractivity contribution in [2.24, 2.45) is 0 Å². The molecular weight excluding hydrogens is 260 g/mol. The van der Waals surface area contributed by atoms with E-state index >= 15 is 0 Å². The number of nitrogens with two attached hydrogens (primary N) is 1. The Morgan fingerprint density at radius 1 is 1.21 bits per heavy atom. The van der Waals surface area contributed by atoms with E-state index in [4.69, 9.17) is 5.73 Å². The number of hydrogen-bond donors (Lipinski definition) is 1. The van der Waals surface area contributed by atoms with Gasteiger partial charge in [-0.2, -0.15) is 0 Å². The summed E-state index contributed by atoms with van der Waals surface area (Å²) in [5, 5.41) is 10.6. The molecule has 0 fully saturated rings. The summed E-state index contributed by atoms with van der Waals surface area (Å²) >= 11 is 1.68. The molecule has 0 aliphatic carbocycles. The second kappa shape index (κ2) is 5.75. The van der Waals surface area contributed by atoms with E-state index in [1.807, 2.05) is 25.1 Å². The van der Waals surface area contributed by atoms with Gasteiger partial charge >= 0.3 is 0 Å². The molecule has 19 heavy (non-hydrogen) atoms. The van der Waals surface area contributed by atoms with Crippen LogP contribution in [0.2, 0.25) is 0 Å². The van der Waals surface area contributed by atoms with Crippen LogP contribution in [-0.2, 0) is 5.75 Å². The summed E-state index contributed by atoms with van der Waals surface area (Å²) in [6.45, 7) is 1.99. The summed E-state index contributed by atoms with van der Waals surface area (Å²) in [5.41, 5.74) is 8.89. The van der Waals surface area contributed by atoms with Crippen LogP contribution in [-0.4, -0.2) is 4.92 Å². The van der Waals surface area contributed by atoms with E-state index in [-0.39, 0.29) is 10.6 Å². The maximum absolute atomic E-state index is 10.6. The number of nitrogens with zero attached hydrogens (tertiary/aromatic N) is 1. The van der Waals surface area contributed by atoms with Gasteiger partial charge in [-0.1, -0.05) is 18.2 Å². The molecule has 0 radical (unpaired) electrons. The minimum absolute atomic E-state index is 0.119. The van der Waals surface area contributed by atoms with E-state index in [1.54, 1.807) is 23.9 Å². The molecule has 0 bridgehead atoms. The van der Waals surface area contributed by atoms with Crippen LogP contribution in [0.4, 0.5) is 11.4 Å². The lowest BCUT2D eigenvalue weighted by Gasteiger charge is -2.07. The molecule has 0 aliphatic heterocycles. The standard InChI is InChI=1S/C14H14N2O2S/c1-10-13(15)3-2-4-14(10)19-9-11-5-7-12(8-6-11)16(17)18/h2-8H,9,15H2,1H3. The number of thioether (sulfide) groups is 1. The van der Waals surface area contributed by atoms with E-state index in [9.17, 15) is 10.1 Å². The summed E-state index contributed by atoms with van der Waals surface area (Å²) in [6.07, 6.45) is 0. The van der Waals surface area contributed by atoms with Gasteiger partial charge in [0.1, 0.15) is 0 Å². The molecule has 0 aromatic heterocycles. The maximum atomic E-state index is 10.6. The number of rotatable bonds is 4. The average Bonchev–Trinajstić information content (AvgIpc) is 2.41. The minimum atomic E-state index is -0.390. The molecule has 0 spiro atoms. The summed E-state index contributed by atoms with van der Waals surface area (Å²) in [6, 6.07) is 12.5. The van der Waals surface area contributed by atoms with Crippen LogP contribution in [0.25, 0.3) is 0 Å². The van der Waals surface area contributed by atoms with Crippen LogP contribution in [0.5, 0.6) is 0 Å². The molecule has 2 N–H and O–H groups in total. The van der Waals surface area contributed by atoms with Crippen molar-refractivity contribution in [2.45, 2.75) is 17.6 Å². The fraction of sp³-hybridized carbons (Fsp3) is 0.143. The van der Waals surface area contributed by atoms with Gasteiger partial charge in [0.15, 0.2) is 0 Å². The van der Waals surface area contributed by atoms with Gasteiger partial charge in [0.05, 0.1) is 4.92 Å². The lowest BCUT2D eigenvalue weighted by Crippen LogP contribution is -1.91. The highest BCUT2D eigenvalue weighted by Crippen LogP contribution is 2.29. The largest absolute Gasteiger partial charge is 0.398 e. The SMILES string of the molecule is Cc1c(N)cccc1SCc1ccc([N+](=O)[O-])cc1. The lowest BCUT2D eigenvalue weighted by atomic mass is 10.2. The Morgan fingerprint density at radius 2 is 1.89 bits per heavy atom. The van der Waals surface area contributed by atoms with Gasteiger partial charge in [-0.15, -0.1) is 11.8 Å². The number of nitrogen functional groups attached to an aromatic ring is 1. The first kappa shape index (κ1) is 13.4. The number of anilines is 1. The second-order valence-electron chi connectivity index (χ2n) is 4.18. The molecule has 0 amide bonds. The number of nitro benzene ring substituents is 1. The quantitative estimate of drug-likeness (QED) is 0.399. The molecule has 0 heterocycles. The van der Waals surface area contributed by atoms with Crippen LogP contribution >= 0.6 is 11.8 Å². The Hall–Kier alpha value is -2.01. The lowest BCUT2D eigenvalue weighted by molar-refractivity contribution is -0.384. The number of hydrogen-bond acceptors (Lipinski definition) is 4. The second-order valence-corrected chi connectivity index (χ2v) is 5.20. The molecule has 0 unspecified atom stereocenters. The number of non-ortho nitro benzene ring substituents is 1. The van der Waals surface area contributed by atoms with Crippen LogP contribution in [0.3, 0.4) is 0 Å². The fourth-order valence-corrected chi connectivity index (χ4v) is 2.69. The van der Waals surface area contributed by atoms with Crippen molar-refractivity contribution < 1.29 is 4.92 Å². The van der Waals surface area contributed by atoms with E-state index in [0.717, 1.165) is 27.5 Å². The molecule has 0 atom stereocenters. The van der Waals surface area contributed by atoms with E-state index in [0.29, 0.717) is 0 Å². The van der Waals surface area contributed by atoms with E-state index in [2.05, 4.69) is 0 Å². The molecule has 5 heteroatoms. The minimum Gasteiger partial charge on any atom is -0.398 e. The Bertz CT molecular complexity index is 597. The highest BCUT2D eigenvalue weighted by atomic mass is 32.2. The van der Waals surface area contributed by atoms with E-state index < -0.39 is 0 Å². The number of nitro groups is 1. The predicted octanol–water partition coefficient (Wildman–Crippen LogP) is 3.78. The van der Waals surface area contributed by atoms with E-state index in [1.165, 1.54) is 12.1 Å². The van der Waals surface area contributed by atoms with Gasteiger partial charge in [-0.05, 0) is 30.2 Å². The topological polar surface area (TPSA) is 69.2 Å². The summed E-state index contributed by atoms with van der Waals surface area (Å²) < 4.78 is 0. The third-order valence-electron chi connectivity index (χ3n) is 2.87. The monoisotopic (exact) mass is 274 g/mol. The highest BCUT2D eigenvalue weighted by molar-refractivity contribution is 7.98. The normalized spacial score (nSPS) is 10.4. The van der Waals surface area contributed by atoms with Gasteiger partial charge in [0.2, 0.25) is 0 Å². The van der Waals surface area contributed by atoms with Gasteiger partial charge in [-0.3, -0.25) is 10.1 Å². The molecule has 2 aromatic carbocycles. The van der Waals surface area contributed by atoms with Crippen molar-refractivity contribution in [1.82, 2.24) is 0 Å². The van der Waals surface area contributed by atoms with Crippen molar-refractivity contribution in [3.05, 3.63) is 63.7 Å². The smallest absolute Gasteiger partial charge is 0.269 e. The molecule has 2 rings (SSSR count). The zero-order valence-electron chi connectivity index (χ0n) is 10.5. The third kappa shape index (κ3) is 3.26. The summed E-state index contributed by atoms with van der Waals surface area (Å²) in [7, 11) is 0. The van der Waals surface area contributed by atoms with Crippen molar-refractivity contribution in [3.8, 4) is 0 Å². The summed E-state index contributed by atoms with van der Waals surface area (Å²) in [5.74, 6) is 0.766. The van der Waals surface area contributed by atoms with Gasteiger partial charge < -0.3 is 5.73 Å². The Balaban J connectivity index is 2.06. The van der Waals surface area contributed by atoms with Gasteiger partial charge in [-0.25, -0.2) is 0 Å². The van der Waals surface area contributed by atoms with Crippen LogP contribution in [0.15, 0.2) is 47.4 Å². The molecule has 0 saturated heterocycles. The first-order valence-corrected chi connectivity index (χ1v) is 6.77. The first-order chi connectivity index (χ1) is 9.08. The summed E-state index contributed by atoms with van der Waals surface area (Å²) in [4.78, 5) is 11.3. The molecule has 0 saturated carbocycles. The molecule has 2 aromatic rings. The first-order valence-electron chi connectivity index (χ1n) is 5.79. The highest BCUT2D eigenvalue weighted by Gasteiger charge is 2.05. The predicted molar refractivity (Wildman–Crippen MR) is 78.2 cm³/mol. The van der Waals surface area contributed by atoms with Crippen molar-refractivity contribution in [2.75, 3.05) is 5.73 Å². The van der Waals surface area contributed by atoms with Crippen molar-refractivity contribution in [1.29, 1.82) is 0 Å². The van der Waals surface area contributed by atoms with Gasteiger partial charge in [0, 0.05) is 28.5 Å². The molecule has 0 aliphatic rings. The van der Waals surface area contributed by atoms with Crippen LogP contribution < -0.4 is 5.73 Å². The van der Waals surface area contributed by atoms with Crippen molar-refractivity contribution >= 4 is 23.1 Å². The maximum Gasteiger partial charge on any atom is 0.269 e. The zero-order chi connectivity index (χ0) is 13.8. The molecule has 98 valence electrons. The third-order valence-corrected chi connectivity index (χ3v) is 4.10. The zero-order valence-corrected chi connectivity index (χ0v) is 11.3. The molecular formula is C14H14N2O2S. The van der Waals surface area contributed by atoms with Crippen LogP contribution in [0.1, 0.15) is 11.1 Å². The van der Waals surface area contributed by atoms with Gasteiger partial charge in [0.25, 0.3) is 5.69 Å². The van der Waals surface area contributed by atoms with Crippen molar-refractivity contribution in [3.63, 3.8) is 0 Å². The Kier molecular flexibility index (Phi) is 4.06. The van der Waals surface area contributed by atoms with Crippen LogP contribution in [0, 0.1) is 17.0 Å². The molecule has 4 nitrogen and oxygen atoms in total. The Morgan fingerprint density at radius 3 is 2.53 bits per heavy atom. The Labute approximate surface area is 115 Å². The average molecular weight is 274 g/mol. The fourth-order valence-electron chi connectivity index (χ4n) is 1.66.